The van der Waals surface area contributed by atoms with Gasteiger partial charge in [0.1, 0.15) is 11.1 Å². The summed E-state index contributed by atoms with van der Waals surface area (Å²) < 4.78 is 6.30. The van der Waals surface area contributed by atoms with Gasteiger partial charge >= 0.3 is 0 Å². The zero-order chi connectivity index (χ0) is 28.3. The summed E-state index contributed by atoms with van der Waals surface area (Å²) in [7, 11) is 0. The van der Waals surface area contributed by atoms with Gasteiger partial charge in [-0.2, -0.15) is 0 Å². The van der Waals surface area contributed by atoms with Crippen LogP contribution in [0.4, 0.5) is 0 Å². The fraction of sp³-hybridized carbons (Fsp3) is 0. The Balaban J connectivity index is 1.30. The molecule has 9 aromatic rings. The van der Waals surface area contributed by atoms with Crippen molar-refractivity contribution < 1.29 is 4.42 Å². The van der Waals surface area contributed by atoms with Gasteiger partial charge in [-0.1, -0.05) is 109 Å². The van der Waals surface area contributed by atoms with Gasteiger partial charge in [-0.3, -0.25) is 0 Å². The van der Waals surface area contributed by atoms with E-state index in [-0.39, 0.29) is 0 Å². The van der Waals surface area contributed by atoms with Crippen molar-refractivity contribution in [2.24, 2.45) is 0 Å². The van der Waals surface area contributed by atoms with Crippen LogP contribution in [0.5, 0.6) is 0 Å². The van der Waals surface area contributed by atoms with Gasteiger partial charge in [-0.05, 0) is 45.8 Å². The fourth-order valence-electron chi connectivity index (χ4n) is 6.01. The minimum Gasteiger partial charge on any atom is -0.454 e. The van der Waals surface area contributed by atoms with Gasteiger partial charge in [0.15, 0.2) is 23.1 Å². The molecule has 0 aliphatic carbocycles. The van der Waals surface area contributed by atoms with Crippen LogP contribution in [0, 0.1) is 0 Å². The third-order valence-electron chi connectivity index (χ3n) is 8.08. The van der Waals surface area contributed by atoms with Gasteiger partial charge in [0.05, 0.1) is 10.9 Å². The first-order valence-corrected chi connectivity index (χ1v) is 14.2. The molecule has 5 heteroatoms. The predicted molar refractivity (Wildman–Crippen MR) is 174 cm³/mol. The first-order valence-electron chi connectivity index (χ1n) is 14.2. The van der Waals surface area contributed by atoms with Crippen molar-refractivity contribution in [1.29, 1.82) is 0 Å². The SMILES string of the molecule is c1ccc(-c2nc(-c3ccc4c(ccc5ccccc54)c3)nc(-c3cccc4oc5cc6ccccc6nc5c34)n2)cc1. The lowest BCUT2D eigenvalue weighted by molar-refractivity contribution is 0.669. The Labute approximate surface area is 246 Å². The van der Waals surface area contributed by atoms with E-state index < -0.39 is 0 Å². The van der Waals surface area contributed by atoms with Crippen molar-refractivity contribution >= 4 is 54.5 Å². The molecule has 0 aliphatic rings. The summed E-state index contributed by atoms with van der Waals surface area (Å²) in [5.41, 5.74) is 5.90. The Kier molecular flexibility index (Phi) is 5.13. The molecule has 0 aliphatic heterocycles. The van der Waals surface area contributed by atoms with Crippen molar-refractivity contribution in [3.63, 3.8) is 0 Å². The molecule has 43 heavy (non-hydrogen) atoms. The minimum atomic E-state index is 0.575. The number of para-hydroxylation sites is 1. The molecule has 3 heterocycles. The maximum Gasteiger partial charge on any atom is 0.164 e. The monoisotopic (exact) mass is 550 g/mol. The van der Waals surface area contributed by atoms with Gasteiger partial charge in [0.25, 0.3) is 0 Å². The maximum absolute atomic E-state index is 6.30. The third kappa shape index (κ3) is 3.86. The number of rotatable bonds is 3. The molecule has 6 aromatic carbocycles. The van der Waals surface area contributed by atoms with Gasteiger partial charge < -0.3 is 4.42 Å². The summed E-state index contributed by atoms with van der Waals surface area (Å²) >= 11 is 0. The van der Waals surface area contributed by atoms with E-state index in [1.165, 1.54) is 16.2 Å². The highest BCUT2D eigenvalue weighted by Gasteiger charge is 2.19. The van der Waals surface area contributed by atoms with E-state index in [0.29, 0.717) is 17.5 Å². The molecule has 0 fully saturated rings. The average molecular weight is 551 g/mol. The summed E-state index contributed by atoms with van der Waals surface area (Å²) in [5, 5.41) is 6.72. The van der Waals surface area contributed by atoms with Crippen LogP contribution in [-0.4, -0.2) is 19.9 Å². The lowest BCUT2D eigenvalue weighted by Crippen LogP contribution is -2.00. The van der Waals surface area contributed by atoms with Crippen LogP contribution in [0.1, 0.15) is 0 Å². The highest BCUT2D eigenvalue weighted by Crippen LogP contribution is 2.37. The Morgan fingerprint density at radius 2 is 1.14 bits per heavy atom. The van der Waals surface area contributed by atoms with Crippen LogP contribution < -0.4 is 0 Å². The largest absolute Gasteiger partial charge is 0.454 e. The van der Waals surface area contributed by atoms with Gasteiger partial charge in [0, 0.05) is 22.1 Å². The van der Waals surface area contributed by atoms with Gasteiger partial charge in [0.2, 0.25) is 0 Å². The molecule has 0 atom stereocenters. The van der Waals surface area contributed by atoms with Crippen molar-refractivity contribution in [1.82, 2.24) is 19.9 Å². The summed E-state index contributed by atoms with van der Waals surface area (Å²) in [5.74, 6) is 1.80. The normalized spacial score (nSPS) is 11.7. The molecule has 0 N–H and O–H groups in total. The summed E-state index contributed by atoms with van der Waals surface area (Å²) in [6.07, 6.45) is 0. The number of fused-ring (bicyclic) bond motifs is 7. The van der Waals surface area contributed by atoms with E-state index in [0.717, 1.165) is 55.0 Å². The van der Waals surface area contributed by atoms with Crippen molar-refractivity contribution in [3.05, 3.63) is 133 Å². The molecule has 200 valence electrons. The quantitative estimate of drug-likeness (QED) is 0.205. The highest BCUT2D eigenvalue weighted by atomic mass is 16.3. The van der Waals surface area contributed by atoms with Crippen LogP contribution in [0.25, 0.3) is 88.7 Å². The molecule has 9 rings (SSSR count). The topological polar surface area (TPSA) is 64.7 Å². The number of benzene rings is 6. The van der Waals surface area contributed by atoms with Crippen LogP contribution in [0.15, 0.2) is 138 Å². The molecule has 5 nitrogen and oxygen atoms in total. The van der Waals surface area contributed by atoms with Crippen molar-refractivity contribution in [3.8, 4) is 34.2 Å². The number of nitrogens with zero attached hydrogens (tertiary/aromatic N) is 4. The molecule has 0 saturated carbocycles. The Morgan fingerprint density at radius 1 is 0.419 bits per heavy atom. The van der Waals surface area contributed by atoms with E-state index in [9.17, 15) is 0 Å². The zero-order valence-corrected chi connectivity index (χ0v) is 22.9. The van der Waals surface area contributed by atoms with Gasteiger partial charge in [-0.15, -0.1) is 0 Å². The smallest absolute Gasteiger partial charge is 0.164 e. The average Bonchev–Trinajstić information content (AvgIpc) is 3.44. The zero-order valence-electron chi connectivity index (χ0n) is 22.9. The third-order valence-corrected chi connectivity index (χ3v) is 8.08. The number of aromatic nitrogens is 4. The van der Waals surface area contributed by atoms with Crippen LogP contribution in [-0.2, 0) is 0 Å². The Morgan fingerprint density at radius 3 is 2.05 bits per heavy atom. The van der Waals surface area contributed by atoms with Gasteiger partial charge in [-0.25, -0.2) is 19.9 Å². The Hall–Kier alpha value is -5.94. The number of hydrogen-bond acceptors (Lipinski definition) is 5. The molecular formula is C38H22N4O. The van der Waals surface area contributed by atoms with E-state index in [4.69, 9.17) is 24.4 Å². The minimum absolute atomic E-state index is 0.575. The lowest BCUT2D eigenvalue weighted by atomic mass is 10.00. The molecule has 0 spiro atoms. The molecule has 0 saturated heterocycles. The first kappa shape index (κ1) is 23.7. The number of hydrogen-bond donors (Lipinski definition) is 0. The molecular weight excluding hydrogens is 528 g/mol. The second-order valence-electron chi connectivity index (χ2n) is 10.7. The molecule has 3 aromatic heterocycles. The molecule has 0 amide bonds. The van der Waals surface area contributed by atoms with E-state index >= 15 is 0 Å². The van der Waals surface area contributed by atoms with E-state index in [1.54, 1.807) is 0 Å². The second-order valence-corrected chi connectivity index (χ2v) is 10.7. The van der Waals surface area contributed by atoms with E-state index in [1.807, 2.05) is 72.8 Å². The molecule has 0 radical (unpaired) electrons. The fourth-order valence-corrected chi connectivity index (χ4v) is 6.01. The van der Waals surface area contributed by atoms with Crippen molar-refractivity contribution in [2.75, 3.05) is 0 Å². The predicted octanol–water partition coefficient (Wildman–Crippen LogP) is 9.63. The molecule has 0 bridgehead atoms. The van der Waals surface area contributed by atoms with Crippen molar-refractivity contribution in [2.45, 2.75) is 0 Å². The number of furan rings is 1. The van der Waals surface area contributed by atoms with Crippen LogP contribution in [0.3, 0.4) is 0 Å². The molecule has 0 unspecified atom stereocenters. The van der Waals surface area contributed by atoms with Crippen LogP contribution >= 0.6 is 0 Å². The maximum atomic E-state index is 6.30. The number of pyridine rings is 1. The van der Waals surface area contributed by atoms with Crippen LogP contribution in [0.2, 0.25) is 0 Å². The summed E-state index contributed by atoms with van der Waals surface area (Å²) in [4.78, 5) is 20.1. The summed E-state index contributed by atoms with van der Waals surface area (Å²) in [6.45, 7) is 0. The Bertz CT molecular complexity index is 2520. The lowest BCUT2D eigenvalue weighted by Gasteiger charge is -2.10. The van der Waals surface area contributed by atoms with E-state index in [2.05, 4.69) is 60.7 Å². The second kappa shape index (κ2) is 9.29. The standard InChI is InChI=1S/C38H22N4O/c1-2-10-24(11-3-1)36-40-37(27-19-20-29-25(21-27)18-17-23-9-4-6-13-28(23)29)42-38(41-36)30-14-8-16-32-34(30)35-33(43-32)22-26-12-5-7-15-31(26)39-35/h1-22H. The first-order chi connectivity index (χ1) is 21.3. The highest BCUT2D eigenvalue weighted by molar-refractivity contribution is 6.12. The summed E-state index contributed by atoms with van der Waals surface area (Å²) in [6, 6.07) is 45.4.